The van der Waals surface area contributed by atoms with Gasteiger partial charge in [0, 0.05) is 11.7 Å². The summed E-state index contributed by atoms with van der Waals surface area (Å²) in [6.45, 7) is 4.20. The maximum Gasteiger partial charge on any atom is 0.411 e. The third kappa shape index (κ3) is 3.41. The Morgan fingerprint density at radius 2 is 2.14 bits per heavy atom. The van der Waals surface area contributed by atoms with Crippen LogP contribution in [-0.4, -0.2) is 33.4 Å². The van der Waals surface area contributed by atoms with Crippen molar-refractivity contribution in [2.24, 2.45) is 0 Å². The SMILES string of the molecule is COC(=O)Nc1ccc(S(=O)(=O)C(C)C)c([C@H]2CCCN2)c1. The molecule has 1 heterocycles. The molecule has 1 aromatic rings. The van der Waals surface area contributed by atoms with Crippen LogP contribution in [0.4, 0.5) is 10.5 Å². The smallest absolute Gasteiger partial charge is 0.411 e. The second kappa shape index (κ2) is 6.66. The summed E-state index contributed by atoms with van der Waals surface area (Å²) in [5.41, 5.74) is 1.23. The number of nitrogens with one attached hydrogen (secondary N) is 2. The number of methoxy groups -OCH3 is 1. The summed E-state index contributed by atoms with van der Waals surface area (Å²) in [4.78, 5) is 11.7. The van der Waals surface area contributed by atoms with E-state index in [1.807, 2.05) is 0 Å². The molecular weight excluding hydrogens is 304 g/mol. The van der Waals surface area contributed by atoms with Crippen molar-refractivity contribution in [3.05, 3.63) is 23.8 Å². The first-order valence-electron chi connectivity index (χ1n) is 7.32. The van der Waals surface area contributed by atoms with E-state index in [-0.39, 0.29) is 6.04 Å². The van der Waals surface area contributed by atoms with E-state index in [2.05, 4.69) is 15.4 Å². The minimum Gasteiger partial charge on any atom is -0.453 e. The van der Waals surface area contributed by atoms with E-state index in [0.717, 1.165) is 19.4 Å². The van der Waals surface area contributed by atoms with Crippen molar-refractivity contribution in [2.45, 2.75) is 42.9 Å². The maximum absolute atomic E-state index is 12.6. The Balaban J connectivity index is 2.47. The molecule has 1 atom stereocenters. The summed E-state index contributed by atoms with van der Waals surface area (Å²) < 4.78 is 29.7. The summed E-state index contributed by atoms with van der Waals surface area (Å²) in [5.74, 6) is 0. The van der Waals surface area contributed by atoms with E-state index >= 15 is 0 Å². The van der Waals surface area contributed by atoms with E-state index < -0.39 is 21.2 Å². The summed E-state index contributed by atoms with van der Waals surface area (Å²) in [5, 5.41) is 5.40. The molecule has 7 heteroatoms. The molecule has 6 nitrogen and oxygen atoms in total. The van der Waals surface area contributed by atoms with Gasteiger partial charge in [-0.2, -0.15) is 0 Å². The van der Waals surface area contributed by atoms with Crippen molar-refractivity contribution >= 4 is 21.6 Å². The topological polar surface area (TPSA) is 84.5 Å². The molecule has 0 aromatic heterocycles. The highest BCUT2D eigenvalue weighted by Crippen LogP contribution is 2.32. The van der Waals surface area contributed by atoms with Crippen LogP contribution in [0.5, 0.6) is 0 Å². The number of rotatable bonds is 4. The van der Waals surface area contributed by atoms with Crippen molar-refractivity contribution in [3.63, 3.8) is 0 Å². The first kappa shape index (κ1) is 16.8. The first-order valence-corrected chi connectivity index (χ1v) is 8.87. The normalized spacial score (nSPS) is 18.5. The Labute approximate surface area is 131 Å². The molecule has 0 saturated carbocycles. The van der Waals surface area contributed by atoms with Gasteiger partial charge in [0.2, 0.25) is 0 Å². The zero-order valence-electron chi connectivity index (χ0n) is 13.0. The number of carbonyl (C=O) groups excluding carboxylic acids is 1. The largest absolute Gasteiger partial charge is 0.453 e. The lowest BCUT2D eigenvalue weighted by Gasteiger charge is -2.19. The van der Waals surface area contributed by atoms with Gasteiger partial charge in [-0.05, 0) is 57.0 Å². The minimum absolute atomic E-state index is 0.0112. The lowest BCUT2D eigenvalue weighted by Crippen LogP contribution is -2.21. The fourth-order valence-corrected chi connectivity index (χ4v) is 3.83. The summed E-state index contributed by atoms with van der Waals surface area (Å²) >= 11 is 0. The number of carbonyl (C=O) groups is 1. The van der Waals surface area contributed by atoms with Crippen LogP contribution in [0.1, 0.15) is 38.3 Å². The van der Waals surface area contributed by atoms with Crippen LogP contribution >= 0.6 is 0 Å². The molecule has 2 rings (SSSR count). The Morgan fingerprint density at radius 3 is 2.68 bits per heavy atom. The molecule has 0 unspecified atom stereocenters. The maximum atomic E-state index is 12.6. The molecule has 122 valence electrons. The van der Waals surface area contributed by atoms with Crippen molar-refractivity contribution < 1.29 is 17.9 Å². The average Bonchev–Trinajstić information content (AvgIpc) is 3.00. The highest BCUT2D eigenvalue weighted by molar-refractivity contribution is 7.92. The van der Waals surface area contributed by atoms with Gasteiger partial charge < -0.3 is 10.1 Å². The zero-order chi connectivity index (χ0) is 16.3. The van der Waals surface area contributed by atoms with E-state index in [0.29, 0.717) is 16.1 Å². The average molecular weight is 326 g/mol. The molecule has 1 fully saturated rings. The number of anilines is 1. The highest BCUT2D eigenvalue weighted by Gasteiger charge is 2.28. The predicted molar refractivity (Wildman–Crippen MR) is 84.8 cm³/mol. The first-order chi connectivity index (χ1) is 10.4. The number of sulfone groups is 1. The minimum atomic E-state index is -3.38. The number of hydrogen-bond donors (Lipinski definition) is 2. The number of benzene rings is 1. The fraction of sp³-hybridized carbons (Fsp3) is 0.533. The Morgan fingerprint density at radius 1 is 1.41 bits per heavy atom. The molecule has 2 N–H and O–H groups in total. The standard InChI is InChI=1S/C15H22N2O4S/c1-10(2)22(19,20)14-7-6-11(17-15(18)21-3)9-12(14)13-5-4-8-16-13/h6-7,9-10,13,16H,4-5,8H2,1-3H3,(H,17,18)/t13-/m1/s1. The Bertz CT molecular complexity index is 650. The van der Waals surface area contributed by atoms with Gasteiger partial charge in [0.15, 0.2) is 9.84 Å². The molecule has 0 aliphatic carbocycles. The van der Waals surface area contributed by atoms with Crippen molar-refractivity contribution in [1.82, 2.24) is 5.32 Å². The van der Waals surface area contributed by atoms with Gasteiger partial charge in [0.1, 0.15) is 0 Å². The molecule has 1 saturated heterocycles. The molecule has 0 spiro atoms. The van der Waals surface area contributed by atoms with E-state index in [1.54, 1.807) is 32.0 Å². The van der Waals surface area contributed by atoms with Crippen LogP contribution in [0.3, 0.4) is 0 Å². The summed E-state index contributed by atoms with van der Waals surface area (Å²) in [6, 6.07) is 4.86. The number of ether oxygens (including phenoxy) is 1. The van der Waals surface area contributed by atoms with Crippen molar-refractivity contribution in [2.75, 3.05) is 19.0 Å². The molecule has 22 heavy (non-hydrogen) atoms. The molecular formula is C15H22N2O4S. The van der Waals surface area contributed by atoms with Gasteiger partial charge >= 0.3 is 6.09 Å². The van der Waals surface area contributed by atoms with Crippen LogP contribution in [0.15, 0.2) is 23.1 Å². The van der Waals surface area contributed by atoms with Crippen LogP contribution in [0, 0.1) is 0 Å². The molecule has 1 aliphatic heterocycles. The second-order valence-corrected chi connectivity index (χ2v) is 8.08. The van der Waals surface area contributed by atoms with Gasteiger partial charge in [-0.3, -0.25) is 5.32 Å². The molecule has 1 aliphatic rings. The quantitative estimate of drug-likeness (QED) is 0.888. The predicted octanol–water partition coefficient (Wildman–Crippen LogP) is 2.47. The fourth-order valence-electron chi connectivity index (χ4n) is 2.53. The lowest BCUT2D eigenvalue weighted by atomic mass is 10.0. The van der Waals surface area contributed by atoms with Crippen molar-refractivity contribution in [1.29, 1.82) is 0 Å². The monoisotopic (exact) mass is 326 g/mol. The Kier molecular flexibility index (Phi) is 5.08. The third-order valence-corrected chi connectivity index (χ3v) is 6.03. The Hall–Kier alpha value is -1.60. The summed E-state index contributed by atoms with van der Waals surface area (Å²) in [7, 11) is -2.10. The molecule has 0 bridgehead atoms. The van der Waals surface area contributed by atoms with E-state index in [1.165, 1.54) is 7.11 Å². The van der Waals surface area contributed by atoms with E-state index in [4.69, 9.17) is 0 Å². The second-order valence-electron chi connectivity index (χ2n) is 5.61. The third-order valence-electron chi connectivity index (χ3n) is 3.80. The number of hydrogen-bond acceptors (Lipinski definition) is 5. The van der Waals surface area contributed by atoms with Crippen LogP contribution < -0.4 is 10.6 Å². The van der Waals surface area contributed by atoms with Gasteiger partial charge in [-0.15, -0.1) is 0 Å². The van der Waals surface area contributed by atoms with Crippen LogP contribution in [0.25, 0.3) is 0 Å². The molecule has 0 radical (unpaired) electrons. The zero-order valence-corrected chi connectivity index (χ0v) is 13.9. The molecule has 1 amide bonds. The van der Waals surface area contributed by atoms with E-state index in [9.17, 15) is 13.2 Å². The van der Waals surface area contributed by atoms with Gasteiger partial charge in [-0.1, -0.05) is 0 Å². The van der Waals surface area contributed by atoms with Gasteiger partial charge in [0.25, 0.3) is 0 Å². The van der Waals surface area contributed by atoms with Gasteiger partial charge in [0.05, 0.1) is 17.3 Å². The van der Waals surface area contributed by atoms with Gasteiger partial charge in [-0.25, -0.2) is 13.2 Å². The van der Waals surface area contributed by atoms with Crippen molar-refractivity contribution in [3.8, 4) is 0 Å². The molecule has 1 aromatic carbocycles. The van der Waals surface area contributed by atoms with Crippen LogP contribution in [-0.2, 0) is 14.6 Å². The number of amides is 1. The highest BCUT2D eigenvalue weighted by atomic mass is 32.2. The summed E-state index contributed by atoms with van der Waals surface area (Å²) in [6.07, 6.45) is 1.30. The van der Waals surface area contributed by atoms with Crippen LogP contribution in [0.2, 0.25) is 0 Å². The lowest BCUT2D eigenvalue weighted by molar-refractivity contribution is 0.187.